The van der Waals surface area contributed by atoms with E-state index in [1.807, 2.05) is 0 Å². The van der Waals surface area contributed by atoms with E-state index in [1.54, 1.807) is 0 Å². The molecule has 0 atom stereocenters. The van der Waals surface area contributed by atoms with Crippen LogP contribution in [0.3, 0.4) is 0 Å². The molecule has 0 aliphatic rings. The van der Waals surface area contributed by atoms with Crippen LogP contribution in [0.4, 0.5) is 11.4 Å². The molecule has 0 saturated carbocycles. The highest BCUT2D eigenvalue weighted by molar-refractivity contribution is 5.94. The Labute approximate surface area is 290 Å². The minimum atomic E-state index is 1.00. The maximum atomic E-state index is 2.39. The summed E-state index contributed by atoms with van der Waals surface area (Å²) in [6.07, 6.45) is 4.68. The number of benzene rings is 5. The first kappa shape index (κ1) is 34.5. The zero-order chi connectivity index (χ0) is 34.2. The predicted octanol–water partition coefficient (Wildman–Crippen LogP) is 11.8. The summed E-state index contributed by atoms with van der Waals surface area (Å²) < 4.78 is 0. The molecule has 2 heteroatoms. The van der Waals surface area contributed by atoms with Crippen LogP contribution in [0.15, 0.2) is 109 Å². The smallest absolute Gasteiger partial charge is 0.0366 e. The van der Waals surface area contributed by atoms with Crippen LogP contribution >= 0.6 is 0 Å². The first-order valence-electron chi connectivity index (χ1n) is 17.6. The Balaban J connectivity index is 1.55. The average Bonchev–Trinajstić information content (AvgIpc) is 3.09. The van der Waals surface area contributed by atoms with Crippen LogP contribution in [0.2, 0.25) is 0 Å². The van der Waals surface area contributed by atoms with Crippen molar-refractivity contribution in [3.8, 4) is 0 Å². The highest BCUT2D eigenvalue weighted by Crippen LogP contribution is 2.33. The number of hydrogen-bond donors (Lipinski definition) is 0. The van der Waals surface area contributed by atoms with Crippen molar-refractivity contribution in [3.63, 3.8) is 0 Å². The second-order valence-corrected chi connectivity index (χ2v) is 12.9. The molecule has 2 nitrogen and oxygen atoms in total. The van der Waals surface area contributed by atoms with Crippen molar-refractivity contribution in [2.24, 2.45) is 0 Å². The fraction of sp³-hybridized carbons (Fsp3) is 0.261. The molecule has 5 rings (SSSR count). The maximum Gasteiger partial charge on any atom is 0.0366 e. The molecule has 0 aliphatic carbocycles. The Kier molecular flexibility index (Phi) is 11.4. The Hall–Kier alpha value is -4.82. The summed E-state index contributed by atoms with van der Waals surface area (Å²) in [7, 11) is 0. The standard InChI is InChI=1S/C46H52N2/c1-9-47(10-2)41-23-19-39(20-24-41)45(43-27-13-33(5)29-35(43)7)31-37-15-17-38(18-16-37)32-46(44-28-14-34(6)30-36(44)8)40-21-25-42(26-22-40)48(11-3)12-4/h13-32H,9-12H2,1-8H3/b45-31-,46-32+. The number of rotatable bonds is 12. The second-order valence-electron chi connectivity index (χ2n) is 12.9. The van der Waals surface area contributed by atoms with Gasteiger partial charge >= 0.3 is 0 Å². The van der Waals surface area contributed by atoms with Crippen molar-refractivity contribution in [2.75, 3.05) is 36.0 Å². The van der Waals surface area contributed by atoms with E-state index in [9.17, 15) is 0 Å². The van der Waals surface area contributed by atoms with Gasteiger partial charge in [0.05, 0.1) is 0 Å². The lowest BCUT2D eigenvalue weighted by Crippen LogP contribution is -2.21. The van der Waals surface area contributed by atoms with E-state index in [4.69, 9.17) is 0 Å². The van der Waals surface area contributed by atoms with Gasteiger partial charge in [-0.25, -0.2) is 0 Å². The summed E-state index contributed by atoms with van der Waals surface area (Å²) in [5.41, 5.74) is 17.5. The lowest BCUT2D eigenvalue weighted by molar-refractivity contribution is 0.866. The summed E-state index contributed by atoms with van der Waals surface area (Å²) >= 11 is 0. The third-order valence-electron chi connectivity index (χ3n) is 9.52. The van der Waals surface area contributed by atoms with Crippen molar-refractivity contribution in [1.29, 1.82) is 0 Å². The highest BCUT2D eigenvalue weighted by atomic mass is 15.1. The van der Waals surface area contributed by atoms with Crippen molar-refractivity contribution in [1.82, 2.24) is 0 Å². The lowest BCUT2D eigenvalue weighted by atomic mass is 9.90. The van der Waals surface area contributed by atoms with Crippen LogP contribution < -0.4 is 9.80 Å². The number of anilines is 2. The van der Waals surface area contributed by atoms with Crippen LogP contribution in [-0.4, -0.2) is 26.2 Å². The molecule has 0 radical (unpaired) electrons. The third kappa shape index (κ3) is 8.00. The van der Waals surface area contributed by atoms with Gasteiger partial charge in [-0.05, 0) is 147 Å². The maximum absolute atomic E-state index is 2.39. The zero-order valence-electron chi connectivity index (χ0n) is 30.3. The second kappa shape index (κ2) is 15.8. The van der Waals surface area contributed by atoms with Gasteiger partial charge in [0, 0.05) is 37.6 Å². The van der Waals surface area contributed by atoms with E-state index in [1.165, 1.54) is 78.2 Å². The van der Waals surface area contributed by atoms with Gasteiger partial charge < -0.3 is 9.80 Å². The topological polar surface area (TPSA) is 6.48 Å². The average molecular weight is 633 g/mol. The van der Waals surface area contributed by atoms with Gasteiger partial charge in [0.25, 0.3) is 0 Å². The molecule has 0 saturated heterocycles. The largest absolute Gasteiger partial charge is 0.372 e. The molecule has 246 valence electrons. The van der Waals surface area contributed by atoms with Gasteiger partial charge in [0.15, 0.2) is 0 Å². The van der Waals surface area contributed by atoms with Crippen LogP contribution in [0.1, 0.15) is 83.3 Å². The summed E-state index contributed by atoms with van der Waals surface area (Å²) in [6.45, 7) is 21.6. The van der Waals surface area contributed by atoms with Gasteiger partial charge in [-0.3, -0.25) is 0 Å². The van der Waals surface area contributed by atoms with E-state index in [2.05, 4.69) is 187 Å². The van der Waals surface area contributed by atoms with E-state index >= 15 is 0 Å². The molecule has 0 bridgehead atoms. The van der Waals surface area contributed by atoms with E-state index < -0.39 is 0 Å². The number of nitrogens with zero attached hydrogens (tertiary/aromatic N) is 2. The molecule has 5 aromatic carbocycles. The van der Waals surface area contributed by atoms with Gasteiger partial charge in [0.1, 0.15) is 0 Å². The van der Waals surface area contributed by atoms with Crippen molar-refractivity contribution in [3.05, 3.63) is 165 Å². The molecule has 0 heterocycles. The SMILES string of the molecule is CCN(CC)c1ccc(/C(=C/c2ccc(/C=C(\c3ccc(N(CC)CC)cc3)c3ccc(C)cc3C)cc2)c2ccc(C)cc2C)cc1. The Bertz CT molecular complexity index is 1730. The Morgan fingerprint density at radius 3 is 1.06 bits per heavy atom. The monoisotopic (exact) mass is 632 g/mol. The van der Waals surface area contributed by atoms with Gasteiger partial charge in [-0.1, -0.05) is 96.1 Å². The summed E-state index contributed by atoms with van der Waals surface area (Å²) in [6, 6.07) is 40.7. The van der Waals surface area contributed by atoms with Crippen molar-refractivity contribution >= 4 is 34.7 Å². The van der Waals surface area contributed by atoms with Gasteiger partial charge in [-0.2, -0.15) is 0 Å². The minimum Gasteiger partial charge on any atom is -0.372 e. The molecule has 0 aromatic heterocycles. The predicted molar refractivity (Wildman–Crippen MR) is 212 cm³/mol. The number of hydrogen-bond acceptors (Lipinski definition) is 2. The first-order chi connectivity index (χ1) is 23.2. The Morgan fingerprint density at radius 2 is 0.771 bits per heavy atom. The molecule has 5 aromatic rings. The fourth-order valence-corrected chi connectivity index (χ4v) is 6.77. The molecule has 0 unspecified atom stereocenters. The van der Waals surface area contributed by atoms with Gasteiger partial charge in [0.2, 0.25) is 0 Å². The van der Waals surface area contributed by atoms with Crippen LogP contribution in [0.25, 0.3) is 23.3 Å². The lowest BCUT2D eigenvalue weighted by Gasteiger charge is -2.21. The molecule has 0 amide bonds. The van der Waals surface area contributed by atoms with Crippen LogP contribution in [0.5, 0.6) is 0 Å². The van der Waals surface area contributed by atoms with Crippen molar-refractivity contribution < 1.29 is 0 Å². The van der Waals surface area contributed by atoms with Crippen LogP contribution in [-0.2, 0) is 0 Å². The molecule has 0 N–H and O–H groups in total. The zero-order valence-corrected chi connectivity index (χ0v) is 30.3. The summed E-state index contributed by atoms with van der Waals surface area (Å²) in [4.78, 5) is 4.78. The normalized spacial score (nSPS) is 11.9. The molecule has 0 aliphatic heterocycles. The molecular formula is C46H52N2. The molecule has 48 heavy (non-hydrogen) atoms. The highest BCUT2D eigenvalue weighted by Gasteiger charge is 2.13. The van der Waals surface area contributed by atoms with E-state index in [0.717, 1.165) is 26.2 Å². The van der Waals surface area contributed by atoms with E-state index in [0.29, 0.717) is 0 Å². The third-order valence-corrected chi connectivity index (χ3v) is 9.52. The Morgan fingerprint density at radius 1 is 0.438 bits per heavy atom. The van der Waals surface area contributed by atoms with Gasteiger partial charge in [-0.15, -0.1) is 0 Å². The molecule has 0 fully saturated rings. The quantitative estimate of drug-likeness (QED) is 0.126. The molecule has 0 spiro atoms. The van der Waals surface area contributed by atoms with E-state index in [-0.39, 0.29) is 0 Å². The first-order valence-corrected chi connectivity index (χ1v) is 17.6. The summed E-state index contributed by atoms with van der Waals surface area (Å²) in [5.74, 6) is 0. The number of aryl methyl sites for hydroxylation is 4. The van der Waals surface area contributed by atoms with Crippen LogP contribution in [0, 0.1) is 27.7 Å². The fourth-order valence-electron chi connectivity index (χ4n) is 6.77. The molecular weight excluding hydrogens is 581 g/mol. The van der Waals surface area contributed by atoms with Crippen molar-refractivity contribution in [2.45, 2.75) is 55.4 Å². The minimum absolute atomic E-state index is 1.00. The summed E-state index contributed by atoms with van der Waals surface area (Å²) in [5, 5.41) is 0.